The van der Waals surface area contributed by atoms with E-state index < -0.39 is 10.0 Å². The van der Waals surface area contributed by atoms with E-state index in [1.165, 1.54) is 43.3 Å². The highest BCUT2D eigenvalue weighted by molar-refractivity contribution is 7.89. The number of halogens is 1. The predicted molar refractivity (Wildman–Crippen MR) is 119 cm³/mol. The highest BCUT2D eigenvalue weighted by atomic mass is 32.2. The summed E-state index contributed by atoms with van der Waals surface area (Å²) in [6.07, 6.45) is 0. The molecule has 0 atom stereocenters. The van der Waals surface area contributed by atoms with Gasteiger partial charge in [-0.25, -0.2) is 17.5 Å². The molecule has 0 aromatic heterocycles. The Hall–Kier alpha value is -3.56. The van der Waals surface area contributed by atoms with Crippen LogP contribution in [0, 0.1) is 5.82 Å². The molecule has 0 heterocycles. The van der Waals surface area contributed by atoms with Gasteiger partial charge in [0, 0.05) is 31.3 Å². The maximum atomic E-state index is 13.2. The minimum atomic E-state index is -3.75. The van der Waals surface area contributed by atoms with Crippen molar-refractivity contribution in [3.8, 4) is 0 Å². The van der Waals surface area contributed by atoms with E-state index in [9.17, 15) is 22.4 Å². The monoisotopic (exact) mass is 455 g/mol. The summed E-state index contributed by atoms with van der Waals surface area (Å²) in [5.41, 5.74) is 2.23. The number of hydrogen-bond donors (Lipinski definition) is 3. The number of nitrogens with one attached hydrogen (secondary N) is 3. The normalized spacial score (nSPS) is 11.1. The van der Waals surface area contributed by atoms with Crippen LogP contribution in [-0.2, 0) is 27.9 Å². The standard InChI is InChI=1S/C23H22FN3O4S/c1-16(28)27-21-9-11-22(12-10-21)32(30,31)26-15-17-5-7-19(8-6-17)23(29)25-14-18-3-2-4-20(24)13-18/h2-13,26H,14-15H2,1H3,(H,25,29)(H,27,28). The highest BCUT2D eigenvalue weighted by Crippen LogP contribution is 2.15. The Bertz CT molecular complexity index is 1210. The Morgan fingerprint density at radius 2 is 1.56 bits per heavy atom. The molecule has 3 aromatic rings. The summed E-state index contributed by atoms with van der Waals surface area (Å²) in [5, 5.41) is 5.29. The fourth-order valence-corrected chi connectivity index (χ4v) is 3.91. The van der Waals surface area contributed by atoms with E-state index in [1.54, 1.807) is 36.4 Å². The molecule has 0 fully saturated rings. The van der Waals surface area contributed by atoms with Crippen LogP contribution in [0.2, 0.25) is 0 Å². The van der Waals surface area contributed by atoms with Gasteiger partial charge in [0.15, 0.2) is 0 Å². The van der Waals surface area contributed by atoms with Crippen LogP contribution in [0.25, 0.3) is 0 Å². The molecule has 7 nitrogen and oxygen atoms in total. The lowest BCUT2D eigenvalue weighted by Crippen LogP contribution is -2.24. The lowest BCUT2D eigenvalue weighted by Gasteiger charge is -2.09. The minimum Gasteiger partial charge on any atom is -0.348 e. The number of benzene rings is 3. The first-order valence-electron chi connectivity index (χ1n) is 9.72. The van der Waals surface area contributed by atoms with E-state index in [0.717, 1.165) is 0 Å². The quantitative estimate of drug-likeness (QED) is 0.485. The smallest absolute Gasteiger partial charge is 0.251 e. The van der Waals surface area contributed by atoms with E-state index in [2.05, 4.69) is 15.4 Å². The number of anilines is 1. The average molecular weight is 456 g/mol. The Kier molecular flexibility index (Phi) is 7.34. The van der Waals surface area contributed by atoms with Crippen molar-refractivity contribution in [2.24, 2.45) is 0 Å². The Morgan fingerprint density at radius 1 is 0.875 bits per heavy atom. The number of hydrogen-bond acceptors (Lipinski definition) is 4. The van der Waals surface area contributed by atoms with Gasteiger partial charge in [-0.05, 0) is 59.7 Å². The Balaban J connectivity index is 1.55. The van der Waals surface area contributed by atoms with Crippen LogP contribution >= 0.6 is 0 Å². The molecule has 0 aliphatic heterocycles. The van der Waals surface area contributed by atoms with Crippen LogP contribution in [0.1, 0.15) is 28.4 Å². The Morgan fingerprint density at radius 3 is 2.19 bits per heavy atom. The molecule has 3 N–H and O–H groups in total. The molecule has 0 aliphatic rings. The summed E-state index contributed by atoms with van der Waals surface area (Å²) in [7, 11) is -3.75. The molecule has 0 saturated heterocycles. The van der Waals surface area contributed by atoms with Crippen molar-refractivity contribution in [1.82, 2.24) is 10.0 Å². The molecule has 9 heteroatoms. The van der Waals surface area contributed by atoms with E-state index in [1.807, 2.05) is 0 Å². The van der Waals surface area contributed by atoms with Crippen LogP contribution < -0.4 is 15.4 Å². The van der Waals surface area contributed by atoms with Crippen LogP contribution in [-0.4, -0.2) is 20.2 Å². The number of sulfonamides is 1. The molecule has 2 amide bonds. The van der Waals surface area contributed by atoms with Crippen molar-refractivity contribution >= 4 is 27.5 Å². The second-order valence-electron chi connectivity index (χ2n) is 7.04. The first-order valence-corrected chi connectivity index (χ1v) is 11.2. The van der Waals surface area contributed by atoms with Crippen molar-refractivity contribution in [1.29, 1.82) is 0 Å². The lowest BCUT2D eigenvalue weighted by atomic mass is 10.1. The van der Waals surface area contributed by atoms with Gasteiger partial charge in [0.25, 0.3) is 5.91 Å². The van der Waals surface area contributed by atoms with Gasteiger partial charge in [-0.2, -0.15) is 0 Å². The van der Waals surface area contributed by atoms with Gasteiger partial charge in [-0.3, -0.25) is 9.59 Å². The third-order valence-corrected chi connectivity index (χ3v) is 5.93. The van der Waals surface area contributed by atoms with Crippen LogP contribution in [0.15, 0.2) is 77.7 Å². The summed E-state index contributed by atoms with van der Waals surface area (Å²) in [5.74, 6) is -0.933. The SMILES string of the molecule is CC(=O)Nc1ccc(S(=O)(=O)NCc2ccc(C(=O)NCc3cccc(F)c3)cc2)cc1. The topological polar surface area (TPSA) is 104 Å². The second-order valence-corrected chi connectivity index (χ2v) is 8.81. The molecular weight excluding hydrogens is 433 g/mol. The highest BCUT2D eigenvalue weighted by Gasteiger charge is 2.14. The fraction of sp³-hybridized carbons (Fsp3) is 0.130. The average Bonchev–Trinajstić information content (AvgIpc) is 2.76. The van der Waals surface area contributed by atoms with E-state index in [-0.39, 0.29) is 35.6 Å². The molecule has 0 unspecified atom stereocenters. The van der Waals surface area contributed by atoms with Gasteiger partial charge >= 0.3 is 0 Å². The van der Waals surface area contributed by atoms with Crippen molar-refractivity contribution in [2.45, 2.75) is 24.9 Å². The van der Waals surface area contributed by atoms with Gasteiger partial charge < -0.3 is 10.6 Å². The van der Waals surface area contributed by atoms with Crippen LogP contribution in [0.4, 0.5) is 10.1 Å². The summed E-state index contributed by atoms with van der Waals surface area (Å²) in [6.45, 7) is 1.60. The largest absolute Gasteiger partial charge is 0.348 e. The summed E-state index contributed by atoms with van der Waals surface area (Å²) < 4.78 is 40.6. The van der Waals surface area contributed by atoms with E-state index in [4.69, 9.17) is 0 Å². The van der Waals surface area contributed by atoms with E-state index in [0.29, 0.717) is 22.4 Å². The van der Waals surface area contributed by atoms with Gasteiger partial charge in [-0.15, -0.1) is 0 Å². The van der Waals surface area contributed by atoms with Gasteiger partial charge in [0.2, 0.25) is 15.9 Å². The molecule has 0 saturated carbocycles. The van der Waals surface area contributed by atoms with Crippen molar-refractivity contribution < 1.29 is 22.4 Å². The predicted octanol–water partition coefficient (Wildman–Crippen LogP) is 3.19. The molecule has 0 bridgehead atoms. The lowest BCUT2D eigenvalue weighted by molar-refractivity contribution is -0.114. The Labute approximate surface area is 185 Å². The van der Waals surface area contributed by atoms with Crippen LogP contribution in [0.5, 0.6) is 0 Å². The molecule has 0 aliphatic carbocycles. The van der Waals surface area contributed by atoms with Crippen molar-refractivity contribution in [3.05, 3.63) is 95.3 Å². The molecule has 0 spiro atoms. The van der Waals surface area contributed by atoms with Crippen molar-refractivity contribution in [2.75, 3.05) is 5.32 Å². The number of carbonyl (C=O) groups excluding carboxylic acids is 2. The minimum absolute atomic E-state index is 0.0426. The molecule has 32 heavy (non-hydrogen) atoms. The maximum Gasteiger partial charge on any atom is 0.251 e. The maximum absolute atomic E-state index is 13.2. The molecule has 166 valence electrons. The zero-order valence-electron chi connectivity index (χ0n) is 17.3. The fourth-order valence-electron chi connectivity index (χ4n) is 2.89. The third kappa shape index (κ3) is 6.47. The van der Waals surface area contributed by atoms with Crippen molar-refractivity contribution in [3.63, 3.8) is 0 Å². The zero-order valence-corrected chi connectivity index (χ0v) is 18.1. The number of rotatable bonds is 8. The first-order chi connectivity index (χ1) is 15.2. The first kappa shape index (κ1) is 23.1. The molecule has 3 aromatic carbocycles. The van der Waals surface area contributed by atoms with E-state index >= 15 is 0 Å². The third-order valence-electron chi connectivity index (χ3n) is 4.51. The zero-order chi connectivity index (χ0) is 23.1. The number of carbonyl (C=O) groups is 2. The van der Waals surface area contributed by atoms with Gasteiger partial charge in [0.05, 0.1) is 4.90 Å². The summed E-state index contributed by atoms with van der Waals surface area (Å²) >= 11 is 0. The second kappa shape index (κ2) is 10.2. The molecule has 3 rings (SSSR count). The molecular formula is C23H22FN3O4S. The van der Waals surface area contributed by atoms with Gasteiger partial charge in [0.1, 0.15) is 5.82 Å². The van der Waals surface area contributed by atoms with Gasteiger partial charge in [-0.1, -0.05) is 24.3 Å². The molecule has 0 radical (unpaired) electrons. The summed E-state index contributed by atoms with van der Waals surface area (Å²) in [4.78, 5) is 23.4. The van der Waals surface area contributed by atoms with Crippen LogP contribution in [0.3, 0.4) is 0 Å². The summed E-state index contributed by atoms with van der Waals surface area (Å²) in [6, 6.07) is 18.3. The number of amides is 2.